The zero-order chi connectivity index (χ0) is 20.3. The van der Waals surface area contributed by atoms with Crippen molar-refractivity contribution in [1.82, 2.24) is 21.0 Å². The molecule has 2 amide bonds. The van der Waals surface area contributed by atoms with Crippen LogP contribution in [0.1, 0.15) is 17.4 Å². The van der Waals surface area contributed by atoms with Gasteiger partial charge in [-0.05, 0) is 47.1 Å². The fourth-order valence-electron chi connectivity index (χ4n) is 2.38. The third-order valence-corrected chi connectivity index (χ3v) is 4.63. The number of benzene rings is 2. The van der Waals surface area contributed by atoms with Crippen molar-refractivity contribution in [3.63, 3.8) is 0 Å². The third-order valence-electron chi connectivity index (χ3n) is 3.78. The lowest BCUT2D eigenvalue weighted by atomic mass is 10.1. The average molecular weight is 466 g/mol. The number of nitrogens with one attached hydrogen (secondary N) is 3. The van der Waals surface area contributed by atoms with Crippen LogP contribution in [0.25, 0.3) is 10.8 Å². The molecule has 1 atom stereocenters. The fourth-order valence-corrected chi connectivity index (χ4v) is 3.16. The highest BCUT2D eigenvalue weighted by molar-refractivity contribution is 9.10. The molecular formula is C18H14BrClN4O4. The number of carbonyl (C=O) groups is 2. The Morgan fingerprint density at radius 1 is 1.18 bits per heavy atom. The van der Waals surface area contributed by atoms with Gasteiger partial charge in [-0.25, -0.2) is 5.10 Å². The first-order valence-electron chi connectivity index (χ1n) is 8.06. The van der Waals surface area contributed by atoms with Crippen LogP contribution in [0, 0.1) is 0 Å². The molecule has 0 aliphatic rings. The van der Waals surface area contributed by atoms with E-state index in [9.17, 15) is 14.4 Å². The second kappa shape index (κ2) is 8.41. The number of ether oxygens (including phenoxy) is 1. The van der Waals surface area contributed by atoms with E-state index in [2.05, 4.69) is 37.0 Å². The van der Waals surface area contributed by atoms with Crippen LogP contribution in [0.4, 0.5) is 0 Å². The molecular weight excluding hydrogens is 452 g/mol. The molecule has 3 rings (SSSR count). The first-order chi connectivity index (χ1) is 13.4. The van der Waals surface area contributed by atoms with Gasteiger partial charge in [0.25, 0.3) is 17.4 Å². The lowest BCUT2D eigenvalue weighted by Crippen LogP contribution is -2.47. The van der Waals surface area contributed by atoms with Crippen LogP contribution in [0.3, 0.4) is 0 Å². The molecule has 0 spiro atoms. The van der Waals surface area contributed by atoms with Gasteiger partial charge in [0.2, 0.25) is 0 Å². The van der Waals surface area contributed by atoms with E-state index in [1.807, 2.05) is 0 Å². The Balaban J connectivity index is 1.67. The highest BCUT2D eigenvalue weighted by atomic mass is 79.9. The Morgan fingerprint density at radius 2 is 1.89 bits per heavy atom. The largest absolute Gasteiger partial charge is 0.480 e. The van der Waals surface area contributed by atoms with Crippen molar-refractivity contribution in [2.45, 2.75) is 13.0 Å². The molecule has 0 saturated heterocycles. The molecule has 10 heteroatoms. The van der Waals surface area contributed by atoms with Crippen LogP contribution in [-0.4, -0.2) is 28.1 Å². The van der Waals surface area contributed by atoms with Crippen molar-refractivity contribution in [3.8, 4) is 5.75 Å². The summed E-state index contributed by atoms with van der Waals surface area (Å²) < 4.78 is 6.14. The number of fused-ring (bicyclic) bond motifs is 1. The normalized spacial score (nSPS) is 11.7. The van der Waals surface area contributed by atoms with Gasteiger partial charge in [-0.3, -0.25) is 25.2 Å². The van der Waals surface area contributed by atoms with Gasteiger partial charge in [0.05, 0.1) is 9.86 Å². The number of amides is 2. The molecule has 3 N–H and O–H groups in total. The molecule has 8 nitrogen and oxygen atoms in total. The van der Waals surface area contributed by atoms with E-state index in [1.165, 1.54) is 6.92 Å². The molecule has 3 aromatic rings. The first-order valence-corrected chi connectivity index (χ1v) is 9.23. The van der Waals surface area contributed by atoms with Crippen molar-refractivity contribution in [2.24, 2.45) is 0 Å². The minimum Gasteiger partial charge on any atom is -0.480 e. The van der Waals surface area contributed by atoms with Crippen molar-refractivity contribution < 1.29 is 14.3 Å². The van der Waals surface area contributed by atoms with Crippen LogP contribution < -0.4 is 21.1 Å². The number of hydrogen-bond acceptors (Lipinski definition) is 5. The average Bonchev–Trinajstić information content (AvgIpc) is 2.68. The number of aromatic amines is 1. The summed E-state index contributed by atoms with van der Waals surface area (Å²) in [6.07, 6.45) is -0.905. The molecule has 144 valence electrons. The molecule has 1 unspecified atom stereocenters. The zero-order valence-corrected chi connectivity index (χ0v) is 16.8. The van der Waals surface area contributed by atoms with Crippen LogP contribution in [0.5, 0.6) is 5.75 Å². The van der Waals surface area contributed by atoms with Gasteiger partial charge < -0.3 is 4.74 Å². The van der Waals surface area contributed by atoms with Crippen LogP contribution >= 0.6 is 27.5 Å². The zero-order valence-electron chi connectivity index (χ0n) is 14.5. The maximum atomic E-state index is 12.4. The van der Waals surface area contributed by atoms with Gasteiger partial charge in [-0.1, -0.05) is 29.8 Å². The van der Waals surface area contributed by atoms with E-state index in [0.29, 0.717) is 26.0 Å². The third kappa shape index (κ3) is 4.32. The number of rotatable bonds is 4. The second-order valence-electron chi connectivity index (χ2n) is 5.73. The summed E-state index contributed by atoms with van der Waals surface area (Å²) in [6, 6.07) is 11.4. The smallest absolute Gasteiger partial charge is 0.290 e. The van der Waals surface area contributed by atoms with Crippen molar-refractivity contribution in [3.05, 3.63) is 68.0 Å². The Hall–Kier alpha value is -2.91. The number of carbonyl (C=O) groups excluding carboxylic acids is 2. The summed E-state index contributed by atoms with van der Waals surface area (Å²) in [4.78, 5) is 36.4. The van der Waals surface area contributed by atoms with Crippen molar-refractivity contribution in [1.29, 1.82) is 0 Å². The highest BCUT2D eigenvalue weighted by Gasteiger charge is 2.19. The van der Waals surface area contributed by atoms with Crippen LogP contribution in [0.2, 0.25) is 5.02 Å². The summed E-state index contributed by atoms with van der Waals surface area (Å²) in [5.74, 6) is -0.837. The summed E-state index contributed by atoms with van der Waals surface area (Å²) in [6.45, 7) is 1.52. The molecule has 0 saturated carbocycles. The number of H-pyrrole nitrogens is 1. The number of nitrogens with zero attached hydrogens (tertiary/aromatic N) is 1. The molecule has 0 aliphatic carbocycles. The summed E-state index contributed by atoms with van der Waals surface area (Å²) >= 11 is 9.17. The monoisotopic (exact) mass is 464 g/mol. The number of aromatic nitrogens is 2. The number of hydrogen-bond donors (Lipinski definition) is 3. The maximum Gasteiger partial charge on any atom is 0.290 e. The number of halogens is 2. The molecule has 0 radical (unpaired) electrons. The lowest BCUT2D eigenvalue weighted by Gasteiger charge is -2.16. The van der Waals surface area contributed by atoms with Crippen molar-refractivity contribution >= 4 is 50.1 Å². The molecule has 1 heterocycles. The van der Waals surface area contributed by atoms with Gasteiger partial charge in [-0.15, -0.1) is 0 Å². The number of hydrazine groups is 1. The molecule has 1 aromatic heterocycles. The van der Waals surface area contributed by atoms with Gasteiger partial charge in [0.1, 0.15) is 5.75 Å². The fraction of sp³-hybridized carbons (Fsp3) is 0.111. The second-order valence-corrected chi connectivity index (χ2v) is 7.02. The Kier molecular flexibility index (Phi) is 5.96. The van der Waals surface area contributed by atoms with Gasteiger partial charge in [0.15, 0.2) is 11.8 Å². The molecule has 0 bridgehead atoms. The summed E-state index contributed by atoms with van der Waals surface area (Å²) in [5.41, 5.74) is 4.11. The van der Waals surface area contributed by atoms with Gasteiger partial charge in [-0.2, -0.15) is 5.10 Å². The first kappa shape index (κ1) is 19.8. The maximum absolute atomic E-state index is 12.4. The molecule has 0 aliphatic heterocycles. The van der Waals surface area contributed by atoms with E-state index in [-0.39, 0.29) is 5.69 Å². The topological polar surface area (TPSA) is 113 Å². The predicted octanol–water partition coefficient (Wildman–Crippen LogP) is 2.57. The Morgan fingerprint density at radius 3 is 2.61 bits per heavy atom. The lowest BCUT2D eigenvalue weighted by molar-refractivity contribution is -0.128. The highest BCUT2D eigenvalue weighted by Crippen LogP contribution is 2.28. The minimum atomic E-state index is -0.905. The van der Waals surface area contributed by atoms with Crippen LogP contribution in [0.15, 0.2) is 51.7 Å². The van der Waals surface area contributed by atoms with Crippen molar-refractivity contribution in [2.75, 3.05) is 0 Å². The Labute approximate surface area is 172 Å². The summed E-state index contributed by atoms with van der Waals surface area (Å²) in [5, 5.41) is 7.23. The summed E-state index contributed by atoms with van der Waals surface area (Å²) in [7, 11) is 0. The van der Waals surface area contributed by atoms with Gasteiger partial charge >= 0.3 is 0 Å². The molecule has 2 aromatic carbocycles. The van der Waals surface area contributed by atoms with Crippen LogP contribution in [-0.2, 0) is 4.79 Å². The van der Waals surface area contributed by atoms with E-state index >= 15 is 0 Å². The van der Waals surface area contributed by atoms with E-state index < -0.39 is 23.5 Å². The van der Waals surface area contributed by atoms with E-state index in [1.54, 1.807) is 42.5 Å². The molecule has 28 heavy (non-hydrogen) atoms. The predicted molar refractivity (Wildman–Crippen MR) is 107 cm³/mol. The Bertz CT molecular complexity index is 1120. The molecule has 0 fully saturated rings. The minimum absolute atomic E-state index is 0.0236. The van der Waals surface area contributed by atoms with Gasteiger partial charge in [0, 0.05) is 10.4 Å². The quantitative estimate of drug-likeness (QED) is 0.513. The van der Waals surface area contributed by atoms with E-state index in [0.717, 1.165) is 0 Å². The SMILES string of the molecule is CC(Oc1ccc(Cl)cc1Br)C(=O)NNC(=O)c1n[nH]c(=O)c2ccccc12. The standard InChI is InChI=1S/C18H14BrClN4O4/c1-9(28-14-7-6-10(20)8-13(14)19)16(25)22-24-18(27)15-11-4-2-3-5-12(11)17(26)23-21-15/h2-9H,1H3,(H,22,25)(H,23,26)(H,24,27). The van der Waals surface area contributed by atoms with E-state index in [4.69, 9.17) is 16.3 Å².